The van der Waals surface area contributed by atoms with E-state index in [-0.39, 0.29) is 24.2 Å². The third-order valence-corrected chi connectivity index (χ3v) is 9.29. The molecule has 0 radical (unpaired) electrons. The normalized spacial score (nSPS) is 19.1. The Morgan fingerprint density at radius 1 is 1.15 bits per heavy atom. The molecule has 2 aromatic rings. The summed E-state index contributed by atoms with van der Waals surface area (Å²) in [7, 11) is -7.51. The molecule has 1 aliphatic rings. The van der Waals surface area contributed by atoms with Gasteiger partial charge in [-0.3, -0.25) is 4.72 Å². The molecule has 0 aliphatic carbocycles. The highest BCUT2D eigenvalue weighted by molar-refractivity contribution is 7.93. The number of nitrogens with zero attached hydrogens (tertiary/aromatic N) is 1. The molecule has 11 heteroatoms. The van der Waals surface area contributed by atoms with Gasteiger partial charge in [0.15, 0.2) is 0 Å². The van der Waals surface area contributed by atoms with Crippen LogP contribution in [0.1, 0.15) is 19.8 Å². The van der Waals surface area contributed by atoms with Crippen LogP contribution in [0.5, 0.6) is 0 Å². The van der Waals surface area contributed by atoms with Crippen LogP contribution in [0.25, 0.3) is 0 Å². The molecule has 1 saturated heterocycles. The molecule has 0 bridgehead atoms. The van der Waals surface area contributed by atoms with Crippen LogP contribution in [-0.2, 0) is 20.0 Å². The molecule has 1 aromatic carbocycles. The van der Waals surface area contributed by atoms with Crippen LogP contribution in [0.2, 0.25) is 8.67 Å². The highest BCUT2D eigenvalue weighted by Crippen LogP contribution is 2.35. The summed E-state index contributed by atoms with van der Waals surface area (Å²) >= 11 is 12.7. The fourth-order valence-corrected chi connectivity index (χ4v) is 7.73. The first-order valence-corrected chi connectivity index (χ1v) is 12.7. The van der Waals surface area contributed by atoms with E-state index in [1.54, 1.807) is 0 Å². The highest BCUT2D eigenvalue weighted by Gasteiger charge is 2.28. The Bertz CT molecular complexity index is 1030. The molecule has 1 N–H and O–H groups in total. The molecule has 1 aromatic heterocycles. The fraction of sp³-hybridized carbons (Fsp3) is 0.375. The van der Waals surface area contributed by atoms with Crippen LogP contribution >= 0.6 is 34.5 Å². The largest absolute Gasteiger partial charge is 0.280 e. The lowest BCUT2D eigenvalue weighted by atomic mass is 10.0. The van der Waals surface area contributed by atoms with Crippen LogP contribution < -0.4 is 4.72 Å². The van der Waals surface area contributed by atoms with Gasteiger partial charge >= 0.3 is 0 Å². The molecule has 6 nitrogen and oxygen atoms in total. The lowest BCUT2D eigenvalue weighted by Gasteiger charge is -2.30. The van der Waals surface area contributed by atoms with Gasteiger partial charge in [-0.1, -0.05) is 30.1 Å². The lowest BCUT2D eigenvalue weighted by Crippen LogP contribution is -2.39. The van der Waals surface area contributed by atoms with Gasteiger partial charge in [-0.25, -0.2) is 16.8 Å². The minimum atomic E-state index is -3.92. The highest BCUT2D eigenvalue weighted by atomic mass is 35.5. The SMILES string of the molecule is CC1CCCN(S(=O)(=O)c2ccc(NS(=O)(=O)c3cc(Cl)sc3Cl)cc2)C1. The van der Waals surface area contributed by atoms with Crippen LogP contribution in [0.3, 0.4) is 0 Å². The van der Waals surface area contributed by atoms with Crippen molar-refractivity contribution in [2.24, 2.45) is 5.92 Å². The zero-order chi connectivity index (χ0) is 19.8. The van der Waals surface area contributed by atoms with E-state index >= 15 is 0 Å². The van der Waals surface area contributed by atoms with Crippen molar-refractivity contribution in [3.63, 3.8) is 0 Å². The first-order valence-electron chi connectivity index (χ1n) is 8.17. The van der Waals surface area contributed by atoms with Crippen LogP contribution in [-0.4, -0.2) is 34.2 Å². The summed E-state index contributed by atoms with van der Waals surface area (Å²) in [5, 5.41) is 0. The Labute approximate surface area is 173 Å². The predicted molar refractivity (Wildman–Crippen MR) is 109 cm³/mol. The van der Waals surface area contributed by atoms with Gasteiger partial charge in [-0.2, -0.15) is 4.31 Å². The molecule has 1 fully saturated rings. The average molecular weight is 469 g/mol. The number of piperidine rings is 1. The molecule has 0 spiro atoms. The second-order valence-corrected chi connectivity index (χ2v) is 12.3. The second-order valence-electron chi connectivity index (χ2n) is 6.43. The Morgan fingerprint density at radius 3 is 2.37 bits per heavy atom. The average Bonchev–Trinajstić information content (AvgIpc) is 2.94. The van der Waals surface area contributed by atoms with Crippen LogP contribution in [0.4, 0.5) is 5.69 Å². The summed E-state index contributed by atoms with van der Waals surface area (Å²) in [4.78, 5) is 0.0225. The molecular formula is C16H18Cl2N2O4S3. The van der Waals surface area contributed by atoms with E-state index in [1.807, 2.05) is 6.92 Å². The second kappa shape index (κ2) is 7.88. The Morgan fingerprint density at radius 2 is 1.81 bits per heavy atom. The molecule has 1 aliphatic heterocycles. The molecule has 0 saturated carbocycles. The van der Waals surface area contributed by atoms with Gasteiger partial charge in [-0.05, 0) is 49.1 Å². The van der Waals surface area contributed by atoms with Crippen molar-refractivity contribution < 1.29 is 16.8 Å². The number of anilines is 1. The van der Waals surface area contributed by atoms with Gasteiger partial charge in [0.1, 0.15) is 9.23 Å². The standard InChI is InChI=1S/C16H18Cl2N2O4S3/c1-11-3-2-8-20(10-11)27(23,24)13-6-4-12(5-7-13)19-26(21,22)14-9-15(17)25-16(14)18/h4-7,9,11,19H,2-3,8,10H2,1H3. The number of benzene rings is 1. The van der Waals surface area contributed by atoms with Crippen molar-refractivity contribution >= 4 is 60.3 Å². The van der Waals surface area contributed by atoms with Crippen molar-refractivity contribution in [2.45, 2.75) is 29.6 Å². The Balaban J connectivity index is 1.80. The summed E-state index contributed by atoms with van der Waals surface area (Å²) in [5.74, 6) is 0.321. The number of hydrogen-bond acceptors (Lipinski definition) is 5. The Kier molecular flexibility index (Phi) is 6.10. The van der Waals surface area contributed by atoms with Crippen molar-refractivity contribution in [2.75, 3.05) is 17.8 Å². The summed E-state index contributed by atoms with van der Waals surface area (Å²) in [6.45, 7) is 3.02. The summed E-state index contributed by atoms with van der Waals surface area (Å²) in [6, 6.07) is 6.90. The number of rotatable bonds is 5. The quantitative estimate of drug-likeness (QED) is 0.709. The van der Waals surface area contributed by atoms with Crippen LogP contribution in [0, 0.1) is 5.92 Å². The molecule has 1 atom stereocenters. The topological polar surface area (TPSA) is 83.6 Å². The number of hydrogen-bond donors (Lipinski definition) is 1. The van der Waals surface area contributed by atoms with Crippen molar-refractivity contribution in [3.05, 3.63) is 39.0 Å². The number of halogens is 2. The third kappa shape index (κ3) is 4.60. The minimum absolute atomic E-state index is 0.0610. The van der Waals surface area contributed by atoms with Crippen LogP contribution in [0.15, 0.2) is 40.1 Å². The monoisotopic (exact) mass is 468 g/mol. The van der Waals surface area contributed by atoms with E-state index < -0.39 is 20.0 Å². The molecule has 0 amide bonds. The van der Waals surface area contributed by atoms with Gasteiger partial charge in [0.2, 0.25) is 10.0 Å². The summed E-state index contributed by atoms with van der Waals surface area (Å²) in [6.07, 6.45) is 1.85. The van der Waals surface area contributed by atoms with Gasteiger partial charge < -0.3 is 0 Å². The molecule has 148 valence electrons. The smallest absolute Gasteiger partial charge is 0.264 e. The number of nitrogens with one attached hydrogen (secondary N) is 1. The van der Waals surface area contributed by atoms with E-state index in [0.717, 1.165) is 24.2 Å². The van der Waals surface area contributed by atoms with Crippen molar-refractivity contribution in [3.8, 4) is 0 Å². The summed E-state index contributed by atoms with van der Waals surface area (Å²) in [5.41, 5.74) is 0.236. The van der Waals surface area contributed by atoms with E-state index in [4.69, 9.17) is 23.2 Å². The van der Waals surface area contributed by atoms with Crippen molar-refractivity contribution in [1.82, 2.24) is 4.31 Å². The first-order chi connectivity index (χ1) is 12.6. The molecular weight excluding hydrogens is 451 g/mol. The number of thiophene rings is 1. The van der Waals surface area contributed by atoms with E-state index in [0.29, 0.717) is 19.0 Å². The maximum atomic E-state index is 12.8. The summed E-state index contributed by atoms with van der Waals surface area (Å²) < 4.78 is 54.5. The lowest BCUT2D eigenvalue weighted by molar-refractivity contribution is 0.281. The molecule has 3 rings (SSSR count). The van der Waals surface area contributed by atoms with Crippen molar-refractivity contribution in [1.29, 1.82) is 0 Å². The molecule has 2 heterocycles. The van der Waals surface area contributed by atoms with E-state index in [2.05, 4.69) is 4.72 Å². The Hall–Kier alpha value is -0.840. The minimum Gasteiger partial charge on any atom is -0.280 e. The van der Waals surface area contributed by atoms with Gasteiger partial charge in [0, 0.05) is 18.8 Å². The maximum Gasteiger partial charge on any atom is 0.264 e. The fourth-order valence-electron chi connectivity index (χ4n) is 2.93. The van der Waals surface area contributed by atoms with Gasteiger partial charge in [-0.15, -0.1) is 11.3 Å². The first kappa shape index (κ1) is 20.9. The number of sulfonamides is 2. The third-order valence-electron chi connectivity index (χ3n) is 4.28. The van der Waals surface area contributed by atoms with Gasteiger partial charge in [0.05, 0.1) is 9.23 Å². The maximum absolute atomic E-state index is 12.8. The zero-order valence-corrected chi connectivity index (χ0v) is 18.3. The molecule has 27 heavy (non-hydrogen) atoms. The predicted octanol–water partition coefficient (Wildman–Crippen LogP) is 4.28. The van der Waals surface area contributed by atoms with Gasteiger partial charge in [0.25, 0.3) is 10.0 Å². The van der Waals surface area contributed by atoms with E-state index in [1.165, 1.54) is 34.6 Å². The molecule has 1 unspecified atom stereocenters. The zero-order valence-electron chi connectivity index (χ0n) is 14.4. The van der Waals surface area contributed by atoms with E-state index in [9.17, 15) is 16.8 Å².